The van der Waals surface area contributed by atoms with Gasteiger partial charge in [0.15, 0.2) is 5.13 Å². The minimum absolute atomic E-state index is 0.0182. The molecular weight excluding hydrogens is 502 g/mol. The number of hydrogen-bond donors (Lipinski definition) is 2. The van der Waals surface area contributed by atoms with Crippen LogP contribution in [0.1, 0.15) is 19.9 Å². The number of carbonyl (C=O) groups excluding carboxylic acids is 1. The minimum atomic E-state index is -3.81. The topological polar surface area (TPSA) is 132 Å². The first-order chi connectivity index (χ1) is 17.3. The molecule has 0 fully saturated rings. The van der Waals surface area contributed by atoms with Gasteiger partial charge in [-0.25, -0.2) is 18.1 Å². The van der Waals surface area contributed by atoms with Gasteiger partial charge in [-0.2, -0.15) is 5.10 Å². The first kappa shape index (κ1) is 25.1. The molecule has 2 N–H and O–H groups in total. The van der Waals surface area contributed by atoms with Crippen molar-refractivity contribution in [1.29, 1.82) is 0 Å². The predicted molar refractivity (Wildman–Crippen MR) is 138 cm³/mol. The number of nitrogens with zero attached hydrogens (tertiary/aromatic N) is 3. The van der Waals surface area contributed by atoms with E-state index >= 15 is 0 Å². The fraction of sp³-hybridized carbons (Fsp3) is 0.167. The van der Waals surface area contributed by atoms with Crippen molar-refractivity contribution < 1.29 is 17.9 Å². The number of ether oxygens (including phenoxy) is 1. The van der Waals surface area contributed by atoms with E-state index in [9.17, 15) is 18.0 Å². The molecule has 0 aliphatic rings. The number of carbonyl (C=O) groups is 1. The normalized spacial score (nSPS) is 12.1. The molecule has 10 nitrogen and oxygen atoms in total. The molecule has 0 radical (unpaired) electrons. The fourth-order valence-corrected chi connectivity index (χ4v) is 5.06. The molecular formula is C24H23N5O5S2. The molecule has 4 rings (SSSR count). The van der Waals surface area contributed by atoms with E-state index in [2.05, 4.69) is 20.1 Å². The van der Waals surface area contributed by atoms with Crippen molar-refractivity contribution in [3.63, 3.8) is 0 Å². The summed E-state index contributed by atoms with van der Waals surface area (Å²) >= 11 is 1.16. The summed E-state index contributed by atoms with van der Waals surface area (Å²) in [5.41, 5.74) is 1.24. The number of amides is 1. The summed E-state index contributed by atoms with van der Waals surface area (Å²) in [6.45, 7) is 4.01. The summed E-state index contributed by atoms with van der Waals surface area (Å²) < 4.78 is 33.9. The van der Waals surface area contributed by atoms with E-state index in [0.29, 0.717) is 18.0 Å². The standard InChI is InChI=1S/C24H23N5O5S2/c1-3-34-19-8-4-17(5-9-19)21-12-13-22(30)29(27-21)16(2)23(31)26-18-6-10-20(11-7-18)36(32,33)28-24-25-14-15-35-24/h4-16H,3H2,1-2H3,(H,25,28)(H,26,31). The van der Waals surface area contributed by atoms with E-state index in [1.54, 1.807) is 18.4 Å². The maximum Gasteiger partial charge on any atom is 0.267 e. The third kappa shape index (κ3) is 5.78. The lowest BCUT2D eigenvalue weighted by Crippen LogP contribution is -2.33. The van der Waals surface area contributed by atoms with Gasteiger partial charge in [-0.15, -0.1) is 11.3 Å². The molecule has 186 valence electrons. The lowest BCUT2D eigenvalue weighted by atomic mass is 10.1. The Balaban J connectivity index is 1.47. The number of rotatable bonds is 9. The van der Waals surface area contributed by atoms with Crippen LogP contribution < -0.4 is 20.3 Å². The number of sulfonamides is 1. The number of anilines is 2. The third-order valence-corrected chi connectivity index (χ3v) is 7.29. The van der Waals surface area contributed by atoms with E-state index < -0.39 is 27.5 Å². The Labute approximate surface area is 211 Å². The molecule has 1 unspecified atom stereocenters. The molecule has 1 amide bonds. The Bertz CT molecular complexity index is 1500. The third-order valence-electron chi connectivity index (χ3n) is 5.12. The van der Waals surface area contributed by atoms with Crippen molar-refractivity contribution in [3.05, 3.63) is 82.6 Å². The van der Waals surface area contributed by atoms with Gasteiger partial charge in [0.1, 0.15) is 11.8 Å². The highest BCUT2D eigenvalue weighted by Gasteiger charge is 2.20. The quantitative estimate of drug-likeness (QED) is 0.340. The molecule has 2 aromatic heterocycles. The Morgan fingerprint density at radius 3 is 2.44 bits per heavy atom. The van der Waals surface area contributed by atoms with Crippen molar-refractivity contribution in [2.24, 2.45) is 0 Å². The minimum Gasteiger partial charge on any atom is -0.494 e. The van der Waals surface area contributed by atoms with Gasteiger partial charge in [-0.3, -0.25) is 14.3 Å². The van der Waals surface area contributed by atoms with E-state index in [1.165, 1.54) is 36.5 Å². The van der Waals surface area contributed by atoms with Crippen molar-refractivity contribution in [2.75, 3.05) is 16.6 Å². The van der Waals surface area contributed by atoms with Crippen LogP contribution in [0.2, 0.25) is 0 Å². The molecule has 2 heterocycles. The molecule has 0 saturated heterocycles. The monoisotopic (exact) mass is 525 g/mol. The second-order valence-corrected chi connectivity index (χ2v) is 10.2. The van der Waals surface area contributed by atoms with E-state index in [1.807, 2.05) is 31.2 Å². The average molecular weight is 526 g/mol. The fourth-order valence-electron chi connectivity index (χ4n) is 3.27. The van der Waals surface area contributed by atoms with Crippen molar-refractivity contribution >= 4 is 38.1 Å². The van der Waals surface area contributed by atoms with E-state index in [0.717, 1.165) is 27.3 Å². The average Bonchev–Trinajstić information content (AvgIpc) is 3.37. The number of nitrogens with one attached hydrogen (secondary N) is 2. The first-order valence-electron chi connectivity index (χ1n) is 10.9. The summed E-state index contributed by atoms with van der Waals surface area (Å²) in [7, 11) is -3.81. The number of hydrogen-bond acceptors (Lipinski definition) is 8. The van der Waals surface area contributed by atoms with Crippen LogP contribution in [0.4, 0.5) is 10.8 Å². The Kier molecular flexibility index (Phi) is 7.46. The highest BCUT2D eigenvalue weighted by Crippen LogP contribution is 2.22. The van der Waals surface area contributed by atoms with E-state index in [4.69, 9.17) is 4.74 Å². The highest BCUT2D eigenvalue weighted by atomic mass is 32.2. The Morgan fingerprint density at radius 2 is 1.81 bits per heavy atom. The smallest absolute Gasteiger partial charge is 0.267 e. The van der Waals surface area contributed by atoms with Crippen molar-refractivity contribution in [2.45, 2.75) is 24.8 Å². The zero-order valence-corrected chi connectivity index (χ0v) is 21.0. The van der Waals surface area contributed by atoms with Crippen LogP contribution in [0.3, 0.4) is 0 Å². The largest absolute Gasteiger partial charge is 0.494 e. The molecule has 0 spiro atoms. The zero-order chi connectivity index (χ0) is 25.7. The van der Waals surface area contributed by atoms with Crippen LogP contribution in [-0.4, -0.2) is 35.7 Å². The second-order valence-electron chi connectivity index (χ2n) is 7.59. The number of benzene rings is 2. The number of aromatic nitrogens is 3. The maximum atomic E-state index is 12.9. The van der Waals surface area contributed by atoms with Crippen LogP contribution in [0.15, 0.2) is 81.9 Å². The summed E-state index contributed by atoms with van der Waals surface area (Å²) in [6.07, 6.45) is 1.50. The summed E-state index contributed by atoms with van der Waals surface area (Å²) in [6, 6.07) is 15.0. The zero-order valence-electron chi connectivity index (χ0n) is 19.4. The highest BCUT2D eigenvalue weighted by molar-refractivity contribution is 7.93. The lowest BCUT2D eigenvalue weighted by Gasteiger charge is -2.15. The van der Waals surface area contributed by atoms with E-state index in [-0.39, 0.29) is 10.0 Å². The van der Waals surface area contributed by atoms with Gasteiger partial charge >= 0.3 is 0 Å². The number of thiazole rings is 1. The van der Waals surface area contributed by atoms with Crippen LogP contribution in [0.5, 0.6) is 5.75 Å². The van der Waals surface area contributed by atoms with Crippen molar-refractivity contribution in [1.82, 2.24) is 14.8 Å². The van der Waals surface area contributed by atoms with Crippen molar-refractivity contribution in [3.8, 4) is 17.0 Å². The maximum absolute atomic E-state index is 12.9. The summed E-state index contributed by atoms with van der Waals surface area (Å²) in [5.74, 6) is 0.241. The lowest BCUT2D eigenvalue weighted by molar-refractivity contribution is -0.119. The van der Waals surface area contributed by atoms with Crippen LogP contribution in [-0.2, 0) is 14.8 Å². The van der Waals surface area contributed by atoms with Gasteiger partial charge in [0, 0.05) is 28.9 Å². The summed E-state index contributed by atoms with van der Waals surface area (Å²) in [5, 5.41) is 8.98. The SMILES string of the molecule is CCOc1ccc(-c2ccc(=O)n(C(C)C(=O)Nc3ccc(S(=O)(=O)Nc4nccs4)cc3)n2)cc1. The van der Waals surface area contributed by atoms with Gasteiger partial charge in [-0.05, 0) is 68.4 Å². The Morgan fingerprint density at radius 1 is 1.08 bits per heavy atom. The van der Waals surface area contributed by atoms with Gasteiger partial charge in [0.05, 0.1) is 17.2 Å². The molecule has 0 aliphatic heterocycles. The van der Waals surface area contributed by atoms with Gasteiger partial charge in [0.25, 0.3) is 15.6 Å². The van der Waals surface area contributed by atoms with Crippen LogP contribution >= 0.6 is 11.3 Å². The molecule has 1 atom stereocenters. The predicted octanol–water partition coefficient (Wildman–Crippen LogP) is 3.77. The molecule has 2 aromatic carbocycles. The van der Waals surface area contributed by atoms with Gasteiger partial charge in [0.2, 0.25) is 5.91 Å². The van der Waals surface area contributed by atoms with Crippen LogP contribution in [0, 0.1) is 0 Å². The molecule has 36 heavy (non-hydrogen) atoms. The van der Waals surface area contributed by atoms with Crippen LogP contribution in [0.25, 0.3) is 11.3 Å². The second kappa shape index (κ2) is 10.7. The first-order valence-corrected chi connectivity index (χ1v) is 13.3. The molecule has 4 aromatic rings. The molecule has 0 aliphatic carbocycles. The van der Waals surface area contributed by atoms with Gasteiger partial charge in [-0.1, -0.05) is 0 Å². The van der Waals surface area contributed by atoms with Gasteiger partial charge < -0.3 is 10.1 Å². The molecule has 0 bridgehead atoms. The molecule has 12 heteroatoms. The summed E-state index contributed by atoms with van der Waals surface area (Å²) in [4.78, 5) is 29.2. The Hall–Kier alpha value is -4.03. The molecule has 0 saturated carbocycles.